The van der Waals surface area contributed by atoms with Gasteiger partial charge in [0.25, 0.3) is 0 Å². The fourth-order valence-electron chi connectivity index (χ4n) is 4.52. The topological polar surface area (TPSA) is 48.0 Å². The molecule has 2 aromatic rings. The number of hydrogen-bond donors (Lipinski definition) is 3. The summed E-state index contributed by atoms with van der Waals surface area (Å²) in [4.78, 5) is 3.26. The highest BCUT2D eigenvalue weighted by molar-refractivity contribution is 5.92. The third-order valence-corrected chi connectivity index (χ3v) is 5.66. The fraction of sp³-hybridized carbons (Fsp3) is 0.556. The number of H-pyrrole nitrogens is 1. The van der Waals surface area contributed by atoms with Crippen LogP contribution in [0.5, 0.6) is 0 Å². The van der Waals surface area contributed by atoms with E-state index in [0.29, 0.717) is 5.92 Å². The Bertz CT molecular complexity index is 633. The van der Waals surface area contributed by atoms with Gasteiger partial charge in [0, 0.05) is 22.8 Å². The zero-order chi connectivity index (χ0) is 14.3. The lowest BCUT2D eigenvalue weighted by Crippen LogP contribution is -2.56. The molecular weight excluding hydrogens is 260 g/mol. The quantitative estimate of drug-likeness (QED) is 0.779. The van der Waals surface area contributed by atoms with Crippen molar-refractivity contribution in [3.8, 4) is 0 Å². The summed E-state index contributed by atoms with van der Waals surface area (Å²) in [5, 5.41) is 16.2. The average Bonchev–Trinajstić information content (AvgIpc) is 2.97. The van der Waals surface area contributed by atoms with Crippen molar-refractivity contribution < 1.29 is 5.11 Å². The summed E-state index contributed by atoms with van der Waals surface area (Å²) in [6.07, 6.45) is 10.1. The molecular formula is C18H24N2O. The highest BCUT2D eigenvalue weighted by Gasteiger charge is 2.47. The van der Waals surface area contributed by atoms with Crippen LogP contribution in [0.1, 0.15) is 44.9 Å². The van der Waals surface area contributed by atoms with Gasteiger partial charge < -0.3 is 15.4 Å². The molecule has 0 aliphatic heterocycles. The minimum Gasteiger partial charge on any atom is -0.387 e. The Balaban J connectivity index is 1.65. The summed E-state index contributed by atoms with van der Waals surface area (Å²) in [6.45, 7) is 0. The Labute approximate surface area is 125 Å². The molecule has 3 N–H and O–H groups in total. The first-order chi connectivity index (χ1) is 10.3. The SMILES string of the molecule is O[C@]12CCCC[C@@H]1CCCC2Nc1cccc2[nH]ccc12. The van der Waals surface area contributed by atoms with Gasteiger partial charge in [-0.1, -0.05) is 25.3 Å². The number of benzene rings is 1. The van der Waals surface area contributed by atoms with E-state index in [-0.39, 0.29) is 6.04 Å². The molecule has 1 aromatic carbocycles. The first kappa shape index (κ1) is 13.2. The molecule has 3 atom stereocenters. The molecule has 0 bridgehead atoms. The standard InChI is InChI=1S/C18H24N2O/c21-18-11-2-1-5-13(18)6-3-9-17(18)20-16-8-4-7-15-14(16)10-12-19-15/h4,7-8,10,12-13,17,19-21H,1-3,5-6,9,11H2/t13-,17?,18-/m1/s1. The third kappa shape index (κ3) is 2.15. The lowest BCUT2D eigenvalue weighted by atomic mass is 9.65. The van der Waals surface area contributed by atoms with E-state index in [1.54, 1.807) is 0 Å². The van der Waals surface area contributed by atoms with Crippen LogP contribution in [-0.4, -0.2) is 21.7 Å². The molecule has 2 aliphatic rings. The maximum absolute atomic E-state index is 11.3. The number of nitrogens with one attached hydrogen (secondary N) is 2. The molecule has 1 unspecified atom stereocenters. The Morgan fingerprint density at radius 1 is 1.10 bits per heavy atom. The van der Waals surface area contributed by atoms with Crippen LogP contribution in [-0.2, 0) is 0 Å². The van der Waals surface area contributed by atoms with Crippen molar-refractivity contribution in [1.82, 2.24) is 4.98 Å². The second-order valence-electron chi connectivity index (χ2n) is 6.81. The van der Waals surface area contributed by atoms with E-state index in [9.17, 15) is 5.11 Å². The van der Waals surface area contributed by atoms with Gasteiger partial charge >= 0.3 is 0 Å². The summed E-state index contributed by atoms with van der Waals surface area (Å²) < 4.78 is 0. The Morgan fingerprint density at radius 2 is 2.00 bits per heavy atom. The van der Waals surface area contributed by atoms with Crippen molar-refractivity contribution in [3.05, 3.63) is 30.5 Å². The highest BCUT2D eigenvalue weighted by Crippen LogP contribution is 2.45. The van der Waals surface area contributed by atoms with Crippen LogP contribution in [0.2, 0.25) is 0 Å². The monoisotopic (exact) mass is 284 g/mol. The van der Waals surface area contributed by atoms with Gasteiger partial charge in [-0.05, 0) is 49.8 Å². The molecule has 1 heterocycles. The molecule has 0 amide bonds. The minimum absolute atomic E-state index is 0.192. The van der Waals surface area contributed by atoms with Gasteiger partial charge in [-0.2, -0.15) is 0 Å². The van der Waals surface area contributed by atoms with Crippen molar-refractivity contribution in [3.63, 3.8) is 0 Å². The highest BCUT2D eigenvalue weighted by atomic mass is 16.3. The Hall–Kier alpha value is -1.48. The number of anilines is 1. The zero-order valence-electron chi connectivity index (χ0n) is 12.4. The van der Waals surface area contributed by atoms with Gasteiger partial charge in [0.2, 0.25) is 0 Å². The van der Waals surface area contributed by atoms with Gasteiger partial charge in [-0.3, -0.25) is 0 Å². The fourth-order valence-corrected chi connectivity index (χ4v) is 4.52. The molecule has 112 valence electrons. The predicted octanol–water partition coefficient (Wildman–Crippen LogP) is 4.05. The van der Waals surface area contributed by atoms with Crippen molar-refractivity contribution in [2.45, 2.75) is 56.6 Å². The predicted molar refractivity (Wildman–Crippen MR) is 86.5 cm³/mol. The largest absolute Gasteiger partial charge is 0.387 e. The van der Waals surface area contributed by atoms with Crippen molar-refractivity contribution in [2.24, 2.45) is 5.92 Å². The number of aromatic nitrogens is 1. The van der Waals surface area contributed by atoms with Crippen LogP contribution >= 0.6 is 0 Å². The zero-order valence-corrected chi connectivity index (χ0v) is 12.4. The maximum atomic E-state index is 11.3. The van der Waals surface area contributed by atoms with Crippen molar-refractivity contribution in [2.75, 3.05) is 5.32 Å². The summed E-state index contributed by atoms with van der Waals surface area (Å²) in [5.74, 6) is 0.489. The molecule has 2 aliphatic carbocycles. The molecule has 0 spiro atoms. The summed E-state index contributed by atoms with van der Waals surface area (Å²) in [6, 6.07) is 8.61. The second-order valence-corrected chi connectivity index (χ2v) is 6.81. The van der Waals surface area contributed by atoms with Crippen molar-refractivity contribution >= 4 is 16.6 Å². The van der Waals surface area contributed by atoms with Crippen LogP contribution in [0.25, 0.3) is 10.9 Å². The molecule has 0 saturated heterocycles. The van der Waals surface area contributed by atoms with Gasteiger partial charge in [0.05, 0.1) is 11.6 Å². The van der Waals surface area contributed by atoms with Gasteiger partial charge in [-0.15, -0.1) is 0 Å². The second kappa shape index (κ2) is 5.06. The molecule has 2 saturated carbocycles. The van der Waals surface area contributed by atoms with E-state index in [1.165, 1.54) is 37.5 Å². The molecule has 3 heteroatoms. The van der Waals surface area contributed by atoms with Gasteiger partial charge in [0.1, 0.15) is 0 Å². The number of aromatic amines is 1. The van der Waals surface area contributed by atoms with Crippen LogP contribution in [0, 0.1) is 5.92 Å². The number of hydrogen-bond acceptors (Lipinski definition) is 2. The van der Waals surface area contributed by atoms with E-state index in [4.69, 9.17) is 0 Å². The molecule has 1 aromatic heterocycles. The van der Waals surface area contributed by atoms with E-state index >= 15 is 0 Å². The number of fused-ring (bicyclic) bond motifs is 2. The first-order valence-corrected chi connectivity index (χ1v) is 8.32. The normalized spacial score (nSPS) is 32.8. The third-order valence-electron chi connectivity index (χ3n) is 5.66. The lowest BCUT2D eigenvalue weighted by molar-refractivity contribution is -0.0834. The molecule has 21 heavy (non-hydrogen) atoms. The van der Waals surface area contributed by atoms with Crippen LogP contribution < -0.4 is 5.32 Å². The van der Waals surface area contributed by atoms with E-state index in [0.717, 1.165) is 24.0 Å². The van der Waals surface area contributed by atoms with Gasteiger partial charge in [-0.25, -0.2) is 0 Å². The van der Waals surface area contributed by atoms with Crippen LogP contribution in [0.15, 0.2) is 30.5 Å². The van der Waals surface area contributed by atoms with E-state index < -0.39 is 5.60 Å². The smallest absolute Gasteiger partial charge is 0.0875 e. The molecule has 2 fully saturated rings. The Kier molecular flexibility index (Phi) is 3.18. The summed E-state index contributed by atoms with van der Waals surface area (Å²) in [5.41, 5.74) is 1.80. The lowest BCUT2D eigenvalue weighted by Gasteiger charge is -2.49. The molecule has 3 nitrogen and oxygen atoms in total. The molecule has 4 rings (SSSR count). The number of rotatable bonds is 2. The van der Waals surface area contributed by atoms with Crippen LogP contribution in [0.3, 0.4) is 0 Å². The summed E-state index contributed by atoms with van der Waals surface area (Å²) >= 11 is 0. The first-order valence-electron chi connectivity index (χ1n) is 8.32. The van der Waals surface area contributed by atoms with Gasteiger partial charge in [0.15, 0.2) is 0 Å². The average molecular weight is 284 g/mol. The van der Waals surface area contributed by atoms with Crippen LogP contribution in [0.4, 0.5) is 5.69 Å². The summed E-state index contributed by atoms with van der Waals surface area (Å²) in [7, 11) is 0. The van der Waals surface area contributed by atoms with E-state index in [2.05, 4.69) is 34.6 Å². The molecule has 0 radical (unpaired) electrons. The minimum atomic E-state index is -0.505. The van der Waals surface area contributed by atoms with Crippen molar-refractivity contribution in [1.29, 1.82) is 0 Å². The maximum Gasteiger partial charge on any atom is 0.0875 e. The van der Waals surface area contributed by atoms with E-state index in [1.807, 2.05) is 6.20 Å². The number of aliphatic hydroxyl groups is 1. The Morgan fingerprint density at radius 3 is 2.95 bits per heavy atom.